The van der Waals surface area contributed by atoms with Crippen molar-refractivity contribution < 1.29 is 9.59 Å². The largest absolute Gasteiger partial charge is 0.369 e. The highest BCUT2D eigenvalue weighted by atomic mass is 35.5. The summed E-state index contributed by atoms with van der Waals surface area (Å²) in [7, 11) is 0. The molecule has 36 heavy (non-hydrogen) atoms. The van der Waals surface area contributed by atoms with Crippen molar-refractivity contribution >= 4 is 29.0 Å². The molecule has 0 N–H and O–H groups in total. The summed E-state index contributed by atoms with van der Waals surface area (Å²) >= 11 is 6.09. The summed E-state index contributed by atoms with van der Waals surface area (Å²) in [5.74, 6) is 0.206. The third-order valence-electron chi connectivity index (χ3n) is 7.25. The number of amides is 1. The van der Waals surface area contributed by atoms with E-state index in [-0.39, 0.29) is 18.2 Å². The highest BCUT2D eigenvalue weighted by Crippen LogP contribution is 2.31. The predicted molar refractivity (Wildman–Crippen MR) is 142 cm³/mol. The molecule has 7 nitrogen and oxygen atoms in total. The van der Waals surface area contributed by atoms with E-state index in [1.807, 2.05) is 33.8 Å². The Morgan fingerprint density at radius 1 is 0.944 bits per heavy atom. The molecule has 5 rings (SSSR count). The number of piperazine rings is 1. The number of carbonyl (C=O) groups is 2. The first-order valence-electron chi connectivity index (χ1n) is 12.5. The Labute approximate surface area is 217 Å². The SMILES string of the molecule is CC(=O)N1CCc2c(c(-c3ccc(Cl)cc3)nn2CC(=O)CN2CCN(c3ccccc3C)CC2)C1. The molecule has 1 fully saturated rings. The third-order valence-corrected chi connectivity index (χ3v) is 7.50. The molecular formula is C28H32ClN5O2. The zero-order valence-electron chi connectivity index (χ0n) is 20.9. The molecule has 3 aromatic rings. The van der Waals surface area contributed by atoms with Crippen LogP contribution in [0.25, 0.3) is 11.3 Å². The highest BCUT2D eigenvalue weighted by Gasteiger charge is 2.28. The van der Waals surface area contributed by atoms with Gasteiger partial charge in [0.2, 0.25) is 5.91 Å². The lowest BCUT2D eigenvalue weighted by Crippen LogP contribution is -2.48. The Morgan fingerprint density at radius 2 is 1.67 bits per heavy atom. The van der Waals surface area contributed by atoms with Crippen molar-refractivity contribution in [3.8, 4) is 11.3 Å². The van der Waals surface area contributed by atoms with Crippen LogP contribution in [0.2, 0.25) is 5.02 Å². The number of hydrogen-bond donors (Lipinski definition) is 0. The first-order chi connectivity index (χ1) is 17.4. The monoisotopic (exact) mass is 505 g/mol. The number of para-hydroxylation sites is 1. The summed E-state index contributed by atoms with van der Waals surface area (Å²) in [6.07, 6.45) is 0.692. The zero-order valence-corrected chi connectivity index (χ0v) is 21.7. The van der Waals surface area contributed by atoms with Gasteiger partial charge in [-0.25, -0.2) is 0 Å². The Bertz CT molecular complexity index is 1260. The molecule has 0 spiro atoms. The normalized spacial score (nSPS) is 16.2. The molecule has 0 radical (unpaired) electrons. The van der Waals surface area contributed by atoms with Gasteiger partial charge in [-0.1, -0.05) is 41.9 Å². The molecule has 0 aliphatic carbocycles. The minimum absolute atomic E-state index is 0.0522. The van der Waals surface area contributed by atoms with Crippen molar-refractivity contribution in [1.82, 2.24) is 19.6 Å². The quantitative estimate of drug-likeness (QED) is 0.510. The molecule has 2 aliphatic rings. The van der Waals surface area contributed by atoms with Gasteiger partial charge in [0.15, 0.2) is 5.78 Å². The lowest BCUT2D eigenvalue weighted by molar-refractivity contribution is -0.129. The Balaban J connectivity index is 1.28. The number of benzene rings is 2. The molecule has 0 unspecified atom stereocenters. The van der Waals surface area contributed by atoms with Gasteiger partial charge in [0.1, 0.15) is 6.54 Å². The number of hydrogen-bond acceptors (Lipinski definition) is 5. The van der Waals surface area contributed by atoms with Crippen LogP contribution in [0.4, 0.5) is 5.69 Å². The minimum Gasteiger partial charge on any atom is -0.369 e. The van der Waals surface area contributed by atoms with E-state index >= 15 is 0 Å². The van der Waals surface area contributed by atoms with Gasteiger partial charge in [-0.05, 0) is 30.7 Å². The summed E-state index contributed by atoms with van der Waals surface area (Å²) in [6, 6.07) is 16.0. The number of ketones is 1. The number of anilines is 1. The number of aryl methyl sites for hydroxylation is 1. The smallest absolute Gasteiger partial charge is 0.219 e. The van der Waals surface area contributed by atoms with Crippen LogP contribution in [0.3, 0.4) is 0 Å². The Morgan fingerprint density at radius 3 is 2.36 bits per heavy atom. The molecule has 1 amide bonds. The van der Waals surface area contributed by atoms with Crippen molar-refractivity contribution in [3.63, 3.8) is 0 Å². The third kappa shape index (κ3) is 5.18. The molecule has 0 bridgehead atoms. The van der Waals surface area contributed by atoms with E-state index < -0.39 is 0 Å². The van der Waals surface area contributed by atoms with Gasteiger partial charge in [-0.15, -0.1) is 0 Å². The first-order valence-corrected chi connectivity index (χ1v) is 12.9. The molecule has 1 aromatic heterocycles. The van der Waals surface area contributed by atoms with Crippen LogP contribution in [0, 0.1) is 6.92 Å². The molecule has 8 heteroatoms. The van der Waals surface area contributed by atoms with Crippen molar-refractivity contribution in [3.05, 3.63) is 70.4 Å². The van der Waals surface area contributed by atoms with Crippen molar-refractivity contribution in [2.75, 3.05) is 44.2 Å². The Kier molecular flexibility index (Phi) is 7.12. The van der Waals surface area contributed by atoms with E-state index in [1.54, 1.807) is 6.92 Å². The van der Waals surface area contributed by atoms with E-state index in [0.29, 0.717) is 31.1 Å². The lowest BCUT2D eigenvalue weighted by Gasteiger charge is -2.36. The van der Waals surface area contributed by atoms with Gasteiger partial charge in [-0.3, -0.25) is 19.2 Å². The van der Waals surface area contributed by atoms with Gasteiger partial charge in [0.25, 0.3) is 0 Å². The van der Waals surface area contributed by atoms with Crippen molar-refractivity contribution in [1.29, 1.82) is 0 Å². The minimum atomic E-state index is 0.0522. The lowest BCUT2D eigenvalue weighted by atomic mass is 10.0. The van der Waals surface area contributed by atoms with Gasteiger partial charge in [0, 0.05) is 80.1 Å². The second-order valence-electron chi connectivity index (χ2n) is 9.72. The molecule has 188 valence electrons. The summed E-state index contributed by atoms with van der Waals surface area (Å²) in [6.45, 7) is 9.11. The number of carbonyl (C=O) groups excluding carboxylic acids is 2. The summed E-state index contributed by atoms with van der Waals surface area (Å²) in [5.41, 5.74) is 6.41. The van der Waals surface area contributed by atoms with Crippen LogP contribution in [-0.4, -0.2) is 70.5 Å². The van der Waals surface area contributed by atoms with E-state index in [1.165, 1.54) is 11.3 Å². The van der Waals surface area contributed by atoms with E-state index in [2.05, 4.69) is 41.0 Å². The highest BCUT2D eigenvalue weighted by molar-refractivity contribution is 6.30. The summed E-state index contributed by atoms with van der Waals surface area (Å²) in [5, 5.41) is 5.53. The predicted octanol–water partition coefficient (Wildman–Crippen LogP) is 3.81. The maximum absolute atomic E-state index is 13.1. The molecule has 2 aromatic carbocycles. The number of aromatic nitrogens is 2. The Hall–Kier alpha value is -3.16. The maximum atomic E-state index is 13.1. The van der Waals surface area contributed by atoms with Crippen molar-refractivity contribution in [2.24, 2.45) is 0 Å². The summed E-state index contributed by atoms with van der Waals surface area (Å²) < 4.78 is 1.86. The van der Waals surface area contributed by atoms with Crippen molar-refractivity contribution in [2.45, 2.75) is 33.4 Å². The van der Waals surface area contributed by atoms with Crippen LogP contribution >= 0.6 is 11.6 Å². The molecule has 3 heterocycles. The number of Topliss-reactive ketones (excluding diaryl/α,β-unsaturated/α-hetero) is 1. The van der Waals surface area contributed by atoms with Crippen LogP contribution in [0.15, 0.2) is 48.5 Å². The molecule has 1 saturated heterocycles. The molecule has 2 aliphatic heterocycles. The topological polar surface area (TPSA) is 61.7 Å². The van der Waals surface area contributed by atoms with E-state index in [4.69, 9.17) is 16.7 Å². The maximum Gasteiger partial charge on any atom is 0.219 e. The fourth-order valence-electron chi connectivity index (χ4n) is 5.26. The van der Waals surface area contributed by atoms with Gasteiger partial charge in [0.05, 0.1) is 12.2 Å². The van der Waals surface area contributed by atoms with E-state index in [0.717, 1.165) is 48.7 Å². The molecule has 0 atom stereocenters. The first kappa shape index (κ1) is 24.5. The fraction of sp³-hybridized carbons (Fsp3) is 0.393. The number of fused-ring (bicyclic) bond motifs is 1. The van der Waals surface area contributed by atoms with Gasteiger partial charge in [-0.2, -0.15) is 5.10 Å². The standard InChI is InChI=1S/C28H32ClN5O2/c1-20-5-3-4-6-26(20)32-15-13-31(14-16-32)17-24(36)18-34-27-11-12-33(21(2)35)19-25(27)28(30-34)22-7-9-23(29)10-8-22/h3-10H,11-19H2,1-2H3. The molecular weight excluding hydrogens is 474 g/mol. The average Bonchev–Trinajstić information content (AvgIpc) is 3.22. The zero-order chi connectivity index (χ0) is 25.2. The average molecular weight is 506 g/mol. The van der Waals surface area contributed by atoms with Crippen LogP contribution in [-0.2, 0) is 29.1 Å². The fourth-order valence-corrected chi connectivity index (χ4v) is 5.39. The van der Waals surface area contributed by atoms with Gasteiger partial charge < -0.3 is 9.80 Å². The number of nitrogens with zero attached hydrogens (tertiary/aromatic N) is 5. The van der Waals surface area contributed by atoms with E-state index in [9.17, 15) is 9.59 Å². The summed E-state index contributed by atoms with van der Waals surface area (Å²) in [4.78, 5) is 31.7. The van der Waals surface area contributed by atoms with Crippen LogP contribution in [0.5, 0.6) is 0 Å². The molecule has 0 saturated carbocycles. The van der Waals surface area contributed by atoms with Crippen LogP contribution in [0.1, 0.15) is 23.7 Å². The second-order valence-corrected chi connectivity index (χ2v) is 10.2. The van der Waals surface area contributed by atoms with Crippen LogP contribution < -0.4 is 4.90 Å². The van der Waals surface area contributed by atoms with Gasteiger partial charge >= 0.3 is 0 Å². The number of halogens is 1. The second kappa shape index (κ2) is 10.4. The number of rotatable bonds is 6.